The van der Waals surface area contributed by atoms with Crippen LogP contribution in [0.4, 0.5) is 0 Å². The predicted octanol–water partition coefficient (Wildman–Crippen LogP) is 11.3. The molecule has 6 heteroatoms. The third-order valence-electron chi connectivity index (χ3n) is 9.84. The SMILES string of the molecule is CCCCCCCCCCCCCCCCNC(=O)CCN(CCCOC)CCC(=O)NCCCCCCCCCCCCCCCC. The molecule has 0 aromatic rings. The Hall–Kier alpha value is -1.14. The maximum Gasteiger partial charge on any atom is 0.221 e. The molecule has 0 atom stereocenters. The molecule has 0 fully saturated rings. The molecule has 0 rings (SSSR count). The Morgan fingerprint density at radius 1 is 0.417 bits per heavy atom. The van der Waals surface area contributed by atoms with Crippen LogP contribution in [0, 0.1) is 0 Å². The van der Waals surface area contributed by atoms with Gasteiger partial charge in [-0.2, -0.15) is 0 Å². The van der Waals surface area contributed by atoms with Crippen molar-refractivity contribution < 1.29 is 14.3 Å². The van der Waals surface area contributed by atoms with Gasteiger partial charge in [0, 0.05) is 59.3 Å². The van der Waals surface area contributed by atoms with Crippen molar-refractivity contribution in [3.8, 4) is 0 Å². The van der Waals surface area contributed by atoms with Crippen molar-refractivity contribution in [2.45, 2.75) is 213 Å². The fraction of sp³-hybridized carbons (Fsp3) is 0.952. The summed E-state index contributed by atoms with van der Waals surface area (Å²) >= 11 is 0. The van der Waals surface area contributed by atoms with E-state index >= 15 is 0 Å². The third-order valence-corrected chi connectivity index (χ3v) is 9.84. The molecule has 48 heavy (non-hydrogen) atoms. The first-order valence-corrected chi connectivity index (χ1v) is 21.4. The fourth-order valence-electron chi connectivity index (χ4n) is 6.56. The van der Waals surface area contributed by atoms with E-state index in [1.807, 2.05) is 0 Å². The molecule has 0 unspecified atom stereocenters. The van der Waals surface area contributed by atoms with Crippen molar-refractivity contribution in [2.75, 3.05) is 46.4 Å². The second kappa shape index (κ2) is 40.3. The third kappa shape index (κ3) is 37.7. The van der Waals surface area contributed by atoms with Crippen LogP contribution in [0.5, 0.6) is 0 Å². The van der Waals surface area contributed by atoms with Crippen LogP contribution in [0.3, 0.4) is 0 Å². The van der Waals surface area contributed by atoms with Gasteiger partial charge in [0.2, 0.25) is 11.8 Å². The van der Waals surface area contributed by atoms with Gasteiger partial charge in [0.25, 0.3) is 0 Å². The zero-order valence-corrected chi connectivity index (χ0v) is 32.8. The van der Waals surface area contributed by atoms with Crippen LogP contribution < -0.4 is 10.6 Å². The van der Waals surface area contributed by atoms with Crippen molar-refractivity contribution in [2.24, 2.45) is 0 Å². The lowest BCUT2D eigenvalue weighted by atomic mass is 10.0. The van der Waals surface area contributed by atoms with Gasteiger partial charge >= 0.3 is 0 Å². The van der Waals surface area contributed by atoms with Crippen LogP contribution in [0.25, 0.3) is 0 Å². The fourth-order valence-corrected chi connectivity index (χ4v) is 6.56. The highest BCUT2D eigenvalue weighted by atomic mass is 16.5. The number of methoxy groups -OCH3 is 1. The molecule has 0 bridgehead atoms. The van der Waals surface area contributed by atoms with Crippen LogP contribution in [0.15, 0.2) is 0 Å². The zero-order chi connectivity index (χ0) is 35.0. The van der Waals surface area contributed by atoms with E-state index in [0.717, 1.165) is 38.9 Å². The molecule has 0 aliphatic heterocycles. The monoisotopic (exact) mass is 680 g/mol. The first-order chi connectivity index (χ1) is 23.6. The van der Waals surface area contributed by atoms with Gasteiger partial charge in [-0.1, -0.05) is 181 Å². The summed E-state index contributed by atoms with van der Waals surface area (Å²) in [6.45, 7) is 9.07. The first-order valence-electron chi connectivity index (χ1n) is 21.4. The summed E-state index contributed by atoms with van der Waals surface area (Å²) in [5, 5.41) is 6.23. The molecule has 0 aromatic heterocycles. The number of rotatable bonds is 40. The van der Waals surface area contributed by atoms with Crippen LogP contribution in [0.1, 0.15) is 213 Å². The van der Waals surface area contributed by atoms with Gasteiger partial charge in [0.15, 0.2) is 0 Å². The van der Waals surface area contributed by atoms with E-state index < -0.39 is 0 Å². The van der Waals surface area contributed by atoms with Gasteiger partial charge in [-0.15, -0.1) is 0 Å². The molecular weight excluding hydrogens is 594 g/mol. The van der Waals surface area contributed by atoms with Gasteiger partial charge in [-0.25, -0.2) is 0 Å². The van der Waals surface area contributed by atoms with Crippen LogP contribution >= 0.6 is 0 Å². The smallest absolute Gasteiger partial charge is 0.221 e. The molecule has 0 aromatic carbocycles. The summed E-state index contributed by atoms with van der Waals surface area (Å²) in [7, 11) is 1.72. The summed E-state index contributed by atoms with van der Waals surface area (Å²) in [5.41, 5.74) is 0. The number of nitrogens with zero attached hydrogens (tertiary/aromatic N) is 1. The van der Waals surface area contributed by atoms with Gasteiger partial charge in [-0.05, 0) is 19.3 Å². The Morgan fingerprint density at radius 3 is 1.00 bits per heavy atom. The summed E-state index contributed by atoms with van der Waals surface area (Å²) in [6, 6.07) is 0. The lowest BCUT2D eigenvalue weighted by Gasteiger charge is -2.21. The Labute approximate surface area is 300 Å². The standard InChI is InChI=1S/C42H85N3O3/c1-4-6-8-10-12-14-16-18-20-22-24-26-28-30-35-43-41(46)33-38-45(37-32-40-48-3)39-34-42(47)44-36-31-29-27-25-23-21-19-17-15-13-11-9-7-5-2/h4-40H2,1-3H3,(H,43,46)(H,44,47). The normalized spacial score (nSPS) is 11.4. The molecule has 2 N–H and O–H groups in total. The van der Waals surface area contributed by atoms with Crippen molar-refractivity contribution in [1.29, 1.82) is 0 Å². The molecule has 6 nitrogen and oxygen atoms in total. The molecule has 0 aliphatic carbocycles. The number of carbonyl (C=O) groups is 2. The first kappa shape index (κ1) is 46.9. The molecule has 0 saturated carbocycles. The topological polar surface area (TPSA) is 70.7 Å². The Bertz CT molecular complexity index is 610. The minimum Gasteiger partial charge on any atom is -0.385 e. The largest absolute Gasteiger partial charge is 0.385 e. The molecule has 0 heterocycles. The average molecular weight is 680 g/mol. The highest BCUT2D eigenvalue weighted by Crippen LogP contribution is 2.14. The highest BCUT2D eigenvalue weighted by Gasteiger charge is 2.11. The lowest BCUT2D eigenvalue weighted by Crippen LogP contribution is -2.35. The van der Waals surface area contributed by atoms with Crippen LogP contribution in [0.2, 0.25) is 0 Å². The molecule has 0 radical (unpaired) electrons. The van der Waals surface area contributed by atoms with Gasteiger partial charge in [0.05, 0.1) is 0 Å². The number of hydrogen-bond acceptors (Lipinski definition) is 4. The van der Waals surface area contributed by atoms with Crippen molar-refractivity contribution in [3.05, 3.63) is 0 Å². The summed E-state index contributed by atoms with van der Waals surface area (Å²) in [5.74, 6) is 0.257. The molecule has 0 aliphatic rings. The summed E-state index contributed by atoms with van der Waals surface area (Å²) in [6.07, 6.45) is 39.6. The molecule has 0 saturated heterocycles. The zero-order valence-electron chi connectivity index (χ0n) is 32.8. The molecule has 0 spiro atoms. The number of ether oxygens (including phenoxy) is 1. The molecular formula is C42H85N3O3. The molecule has 286 valence electrons. The number of unbranched alkanes of at least 4 members (excludes halogenated alkanes) is 26. The van der Waals surface area contributed by atoms with Crippen molar-refractivity contribution in [1.82, 2.24) is 15.5 Å². The lowest BCUT2D eigenvalue weighted by molar-refractivity contribution is -0.121. The summed E-state index contributed by atoms with van der Waals surface area (Å²) < 4.78 is 5.23. The maximum absolute atomic E-state index is 12.5. The van der Waals surface area contributed by atoms with Crippen molar-refractivity contribution >= 4 is 11.8 Å². The summed E-state index contributed by atoms with van der Waals surface area (Å²) in [4.78, 5) is 27.2. The van der Waals surface area contributed by atoms with E-state index in [-0.39, 0.29) is 11.8 Å². The quantitative estimate of drug-likeness (QED) is 0.0632. The van der Waals surface area contributed by atoms with Gasteiger partial charge in [-0.3, -0.25) is 9.59 Å². The van der Waals surface area contributed by atoms with E-state index in [1.165, 1.54) is 167 Å². The Morgan fingerprint density at radius 2 is 0.708 bits per heavy atom. The Balaban J connectivity index is 3.75. The maximum atomic E-state index is 12.5. The number of carbonyl (C=O) groups excluding carboxylic acids is 2. The van der Waals surface area contributed by atoms with E-state index in [4.69, 9.17) is 4.74 Å². The van der Waals surface area contributed by atoms with E-state index in [1.54, 1.807) is 7.11 Å². The minimum absolute atomic E-state index is 0.128. The van der Waals surface area contributed by atoms with Gasteiger partial charge in [0.1, 0.15) is 0 Å². The van der Waals surface area contributed by atoms with Crippen LogP contribution in [-0.2, 0) is 14.3 Å². The number of hydrogen-bond donors (Lipinski definition) is 2. The van der Waals surface area contributed by atoms with Crippen LogP contribution in [-0.4, -0.2) is 63.2 Å². The van der Waals surface area contributed by atoms with E-state index in [9.17, 15) is 9.59 Å². The average Bonchev–Trinajstić information content (AvgIpc) is 3.09. The van der Waals surface area contributed by atoms with Crippen molar-refractivity contribution in [3.63, 3.8) is 0 Å². The number of amides is 2. The van der Waals surface area contributed by atoms with Gasteiger partial charge < -0.3 is 20.3 Å². The predicted molar refractivity (Wildman–Crippen MR) is 209 cm³/mol. The second-order valence-electron chi connectivity index (χ2n) is 14.6. The second-order valence-corrected chi connectivity index (χ2v) is 14.6. The number of nitrogens with one attached hydrogen (secondary N) is 2. The minimum atomic E-state index is 0.128. The highest BCUT2D eigenvalue weighted by molar-refractivity contribution is 5.76. The Kier molecular flexibility index (Phi) is 39.3. The van der Waals surface area contributed by atoms with E-state index in [0.29, 0.717) is 32.5 Å². The van der Waals surface area contributed by atoms with E-state index in [2.05, 4.69) is 29.4 Å². The molecule has 2 amide bonds.